The van der Waals surface area contributed by atoms with E-state index in [0.717, 1.165) is 32.5 Å². The fraction of sp³-hybridized carbons (Fsp3) is 0.533. The number of halogens is 2. The fourth-order valence-electron chi connectivity index (χ4n) is 2.70. The number of nitrogens with two attached hydrogens (primary N) is 1. The summed E-state index contributed by atoms with van der Waals surface area (Å²) in [5.74, 6) is -0.0613. The first-order chi connectivity index (χ1) is 9.93. The number of amides is 1. The maximum absolute atomic E-state index is 12.6. The van der Waals surface area contributed by atoms with Gasteiger partial charge in [-0.15, -0.1) is 0 Å². The third-order valence-electron chi connectivity index (χ3n) is 4.20. The second-order valence-electron chi connectivity index (χ2n) is 5.44. The van der Waals surface area contributed by atoms with Crippen LogP contribution in [0.4, 0.5) is 5.69 Å². The number of nitrogens with zero attached hydrogens (tertiary/aromatic N) is 2. The molecule has 1 aromatic carbocycles. The molecule has 0 aromatic heterocycles. The predicted molar refractivity (Wildman–Crippen MR) is 88.1 cm³/mol. The Hall–Kier alpha value is -0.970. The maximum Gasteiger partial charge on any atom is 0.253 e. The Balaban J connectivity index is 2.09. The molecule has 4 nitrogen and oxygen atoms in total. The van der Waals surface area contributed by atoms with Crippen molar-refractivity contribution < 1.29 is 4.79 Å². The molecule has 0 unspecified atom stereocenters. The first-order valence-electron chi connectivity index (χ1n) is 7.18. The van der Waals surface area contributed by atoms with Gasteiger partial charge < -0.3 is 15.5 Å². The normalized spacial score (nSPS) is 17.0. The maximum atomic E-state index is 12.6. The first-order valence-corrected chi connectivity index (χ1v) is 7.93. The fourth-order valence-corrected chi connectivity index (χ4v) is 3.19. The molecule has 1 aromatic rings. The van der Waals surface area contributed by atoms with Crippen LogP contribution in [-0.2, 0) is 0 Å². The topological polar surface area (TPSA) is 49.6 Å². The molecule has 2 rings (SSSR count). The van der Waals surface area contributed by atoms with E-state index in [1.165, 1.54) is 0 Å². The van der Waals surface area contributed by atoms with Crippen LogP contribution in [0.2, 0.25) is 10.0 Å². The standard InChI is InChI=1S/C15H21Cl2N3O/c1-3-20-6-4-11(5-7-20)19(2)15(21)10-8-12(16)14(18)13(17)9-10/h8-9,11H,3-7,18H2,1-2H3. The summed E-state index contributed by atoms with van der Waals surface area (Å²) in [6.07, 6.45) is 1.99. The molecular weight excluding hydrogens is 309 g/mol. The molecule has 0 radical (unpaired) electrons. The summed E-state index contributed by atoms with van der Waals surface area (Å²) in [5, 5.41) is 0.639. The molecule has 1 saturated heterocycles. The summed E-state index contributed by atoms with van der Waals surface area (Å²) in [6.45, 7) is 5.28. The number of rotatable bonds is 3. The molecule has 1 amide bonds. The van der Waals surface area contributed by atoms with E-state index >= 15 is 0 Å². The third-order valence-corrected chi connectivity index (χ3v) is 4.82. The van der Waals surface area contributed by atoms with Gasteiger partial charge in [0.15, 0.2) is 0 Å². The highest BCUT2D eigenvalue weighted by molar-refractivity contribution is 6.39. The van der Waals surface area contributed by atoms with Gasteiger partial charge in [0.2, 0.25) is 0 Å². The molecule has 1 fully saturated rings. The van der Waals surface area contributed by atoms with E-state index in [0.29, 0.717) is 21.3 Å². The van der Waals surface area contributed by atoms with Gasteiger partial charge in [0.05, 0.1) is 15.7 Å². The molecule has 116 valence electrons. The van der Waals surface area contributed by atoms with Gasteiger partial charge in [-0.1, -0.05) is 30.1 Å². The Labute approximate surface area is 135 Å². The van der Waals surface area contributed by atoms with Crippen LogP contribution in [0.5, 0.6) is 0 Å². The molecule has 0 bridgehead atoms. The van der Waals surface area contributed by atoms with Crippen LogP contribution < -0.4 is 5.73 Å². The zero-order valence-corrected chi connectivity index (χ0v) is 13.9. The Morgan fingerprint density at radius 3 is 2.33 bits per heavy atom. The van der Waals surface area contributed by atoms with Crippen LogP contribution in [0.15, 0.2) is 12.1 Å². The number of hydrogen-bond donors (Lipinski definition) is 1. The highest BCUT2D eigenvalue weighted by atomic mass is 35.5. The summed E-state index contributed by atoms with van der Waals surface area (Å²) >= 11 is 12.0. The summed E-state index contributed by atoms with van der Waals surface area (Å²) in [5.41, 5.74) is 6.51. The molecule has 2 N–H and O–H groups in total. The largest absolute Gasteiger partial charge is 0.396 e. The molecule has 21 heavy (non-hydrogen) atoms. The highest BCUT2D eigenvalue weighted by Gasteiger charge is 2.26. The lowest BCUT2D eigenvalue weighted by atomic mass is 10.0. The Bertz CT molecular complexity index is 505. The smallest absolute Gasteiger partial charge is 0.253 e. The number of hydrogen-bond acceptors (Lipinski definition) is 3. The van der Waals surface area contributed by atoms with Gasteiger partial charge >= 0.3 is 0 Å². The van der Waals surface area contributed by atoms with Crippen molar-refractivity contribution in [3.63, 3.8) is 0 Å². The number of piperidine rings is 1. The number of benzene rings is 1. The SMILES string of the molecule is CCN1CCC(N(C)C(=O)c2cc(Cl)c(N)c(Cl)c2)CC1. The zero-order chi connectivity index (χ0) is 15.6. The molecule has 1 aliphatic heterocycles. The number of anilines is 1. The number of carbonyl (C=O) groups is 1. The van der Waals surface area contributed by atoms with Crippen molar-refractivity contribution in [3.8, 4) is 0 Å². The minimum Gasteiger partial charge on any atom is -0.396 e. The van der Waals surface area contributed by atoms with Crippen molar-refractivity contribution in [2.24, 2.45) is 0 Å². The Kier molecular flexibility index (Phi) is 5.36. The van der Waals surface area contributed by atoms with Gasteiger partial charge in [-0.2, -0.15) is 0 Å². The summed E-state index contributed by atoms with van der Waals surface area (Å²) in [7, 11) is 1.84. The Morgan fingerprint density at radius 1 is 1.33 bits per heavy atom. The van der Waals surface area contributed by atoms with Crippen molar-refractivity contribution in [2.75, 3.05) is 32.4 Å². The van der Waals surface area contributed by atoms with E-state index in [4.69, 9.17) is 28.9 Å². The van der Waals surface area contributed by atoms with Crippen molar-refractivity contribution in [2.45, 2.75) is 25.8 Å². The van der Waals surface area contributed by atoms with Gasteiger partial charge in [0.25, 0.3) is 5.91 Å². The molecular formula is C15H21Cl2N3O. The Morgan fingerprint density at radius 2 is 1.86 bits per heavy atom. The summed E-state index contributed by atoms with van der Waals surface area (Å²) < 4.78 is 0. The average molecular weight is 330 g/mol. The van der Waals surface area contributed by atoms with Gasteiger partial charge in [0.1, 0.15) is 0 Å². The molecule has 1 heterocycles. The van der Waals surface area contributed by atoms with Gasteiger partial charge in [-0.3, -0.25) is 4.79 Å². The lowest BCUT2D eigenvalue weighted by Gasteiger charge is -2.36. The molecule has 0 spiro atoms. The highest BCUT2D eigenvalue weighted by Crippen LogP contribution is 2.29. The van der Waals surface area contributed by atoms with Crippen LogP contribution in [-0.4, -0.2) is 48.4 Å². The molecule has 1 aliphatic rings. The monoisotopic (exact) mass is 329 g/mol. The van der Waals surface area contributed by atoms with E-state index in [1.54, 1.807) is 17.0 Å². The van der Waals surface area contributed by atoms with Gasteiger partial charge in [0, 0.05) is 31.7 Å². The third kappa shape index (κ3) is 3.62. The number of likely N-dealkylation sites (tertiary alicyclic amines) is 1. The first kappa shape index (κ1) is 16.4. The summed E-state index contributed by atoms with van der Waals surface area (Å²) in [6, 6.07) is 3.43. The summed E-state index contributed by atoms with van der Waals surface area (Å²) in [4.78, 5) is 16.8. The van der Waals surface area contributed by atoms with E-state index in [-0.39, 0.29) is 11.9 Å². The van der Waals surface area contributed by atoms with E-state index in [9.17, 15) is 4.79 Å². The molecule has 6 heteroatoms. The lowest BCUT2D eigenvalue weighted by Crippen LogP contribution is -2.45. The molecule has 0 atom stereocenters. The van der Waals surface area contributed by atoms with E-state index in [1.807, 2.05) is 7.05 Å². The van der Waals surface area contributed by atoms with Crippen LogP contribution in [0, 0.1) is 0 Å². The minimum absolute atomic E-state index is 0.0613. The van der Waals surface area contributed by atoms with Crippen molar-refractivity contribution in [1.82, 2.24) is 9.80 Å². The van der Waals surface area contributed by atoms with Gasteiger partial charge in [-0.05, 0) is 31.5 Å². The van der Waals surface area contributed by atoms with E-state index < -0.39 is 0 Å². The second-order valence-corrected chi connectivity index (χ2v) is 6.25. The van der Waals surface area contributed by atoms with Crippen molar-refractivity contribution >= 4 is 34.8 Å². The number of nitrogen functional groups attached to an aromatic ring is 1. The second kappa shape index (κ2) is 6.86. The van der Waals surface area contributed by atoms with Crippen LogP contribution in [0.3, 0.4) is 0 Å². The minimum atomic E-state index is -0.0613. The van der Waals surface area contributed by atoms with Crippen LogP contribution in [0.25, 0.3) is 0 Å². The zero-order valence-electron chi connectivity index (χ0n) is 12.4. The molecule has 0 aliphatic carbocycles. The van der Waals surface area contributed by atoms with Crippen LogP contribution >= 0.6 is 23.2 Å². The molecule has 0 saturated carbocycles. The van der Waals surface area contributed by atoms with Crippen molar-refractivity contribution in [1.29, 1.82) is 0 Å². The van der Waals surface area contributed by atoms with Gasteiger partial charge in [-0.25, -0.2) is 0 Å². The van der Waals surface area contributed by atoms with Crippen LogP contribution in [0.1, 0.15) is 30.1 Å². The lowest BCUT2D eigenvalue weighted by molar-refractivity contribution is 0.0647. The number of carbonyl (C=O) groups excluding carboxylic acids is 1. The predicted octanol–water partition coefficient (Wildman–Crippen LogP) is 3.13. The quantitative estimate of drug-likeness (QED) is 0.866. The average Bonchev–Trinajstić information content (AvgIpc) is 2.50. The van der Waals surface area contributed by atoms with Crippen molar-refractivity contribution in [3.05, 3.63) is 27.7 Å². The van der Waals surface area contributed by atoms with E-state index in [2.05, 4.69) is 11.8 Å².